The highest BCUT2D eigenvalue weighted by atomic mass is 32.2. The first kappa shape index (κ1) is 23.6. The number of aryl methyl sites for hydroxylation is 1. The van der Waals surface area contributed by atoms with Gasteiger partial charge in [-0.25, -0.2) is 8.91 Å². The summed E-state index contributed by atoms with van der Waals surface area (Å²) in [5.74, 6) is -0.411. The van der Waals surface area contributed by atoms with E-state index in [4.69, 9.17) is 5.10 Å². The molecular weight excluding hydrogens is 477 g/mol. The van der Waals surface area contributed by atoms with Crippen molar-refractivity contribution in [3.05, 3.63) is 65.5 Å². The lowest BCUT2D eigenvalue weighted by molar-refractivity contribution is -0.130. The molecule has 8 nitrogen and oxygen atoms in total. The average Bonchev–Trinajstić information content (AvgIpc) is 3.48. The molecule has 36 heavy (non-hydrogen) atoms. The first-order valence-corrected chi connectivity index (χ1v) is 12.3. The van der Waals surface area contributed by atoms with Gasteiger partial charge in [-0.1, -0.05) is 11.8 Å². The third-order valence-electron chi connectivity index (χ3n) is 6.42. The van der Waals surface area contributed by atoms with E-state index in [0.29, 0.717) is 22.5 Å². The summed E-state index contributed by atoms with van der Waals surface area (Å²) in [4.78, 5) is 15.1. The molecule has 0 spiro atoms. The van der Waals surface area contributed by atoms with E-state index in [-0.39, 0.29) is 17.5 Å². The Hall–Kier alpha value is -4.15. The number of nitriles is 2. The van der Waals surface area contributed by atoms with Crippen molar-refractivity contribution in [2.45, 2.75) is 42.5 Å². The fourth-order valence-electron chi connectivity index (χ4n) is 4.60. The second-order valence-electron chi connectivity index (χ2n) is 8.78. The van der Waals surface area contributed by atoms with Gasteiger partial charge in [-0.3, -0.25) is 9.48 Å². The zero-order valence-electron chi connectivity index (χ0n) is 19.8. The van der Waals surface area contributed by atoms with Crippen LogP contribution in [0.3, 0.4) is 0 Å². The monoisotopic (exact) mass is 499 g/mol. The van der Waals surface area contributed by atoms with Gasteiger partial charge in [-0.15, -0.1) is 0 Å². The quantitative estimate of drug-likeness (QED) is 0.402. The minimum absolute atomic E-state index is 0.0698. The zero-order chi connectivity index (χ0) is 25.4. The van der Waals surface area contributed by atoms with Gasteiger partial charge in [-0.2, -0.15) is 20.7 Å². The Morgan fingerprint density at radius 1 is 1.17 bits per heavy atom. The van der Waals surface area contributed by atoms with Gasteiger partial charge in [0.2, 0.25) is 5.91 Å². The molecule has 3 aromatic heterocycles. The van der Waals surface area contributed by atoms with E-state index in [2.05, 4.69) is 11.2 Å². The highest BCUT2D eigenvalue weighted by Gasteiger charge is 2.25. The first-order chi connectivity index (χ1) is 17.4. The number of piperidine rings is 1. The Kier molecular flexibility index (Phi) is 6.21. The average molecular weight is 500 g/mol. The second-order valence-corrected chi connectivity index (χ2v) is 9.86. The van der Waals surface area contributed by atoms with Crippen LogP contribution in [0.25, 0.3) is 16.6 Å². The lowest BCUT2D eigenvalue weighted by Gasteiger charge is -2.32. The summed E-state index contributed by atoms with van der Waals surface area (Å²) in [7, 11) is 0. The molecule has 1 aliphatic heterocycles. The van der Waals surface area contributed by atoms with Gasteiger partial charge < -0.3 is 4.90 Å². The Morgan fingerprint density at radius 2 is 1.97 bits per heavy atom. The van der Waals surface area contributed by atoms with E-state index < -0.39 is 5.82 Å². The molecule has 5 rings (SSSR count). The van der Waals surface area contributed by atoms with Gasteiger partial charge >= 0.3 is 0 Å². The SMILES string of the molecule is CC(=O)N1CCC[C@H](n2cc(-c3cc(Sc4ccc(F)cc4C#N)c4c(C#N)cnn4c3)c(C)n2)C1. The van der Waals surface area contributed by atoms with Gasteiger partial charge in [0.1, 0.15) is 18.0 Å². The van der Waals surface area contributed by atoms with Crippen LogP contribution in [0.2, 0.25) is 0 Å². The number of likely N-dealkylation sites (tertiary alicyclic amines) is 1. The van der Waals surface area contributed by atoms with Gasteiger partial charge in [-0.05, 0) is 44.0 Å². The van der Waals surface area contributed by atoms with Crippen LogP contribution in [-0.4, -0.2) is 43.3 Å². The maximum atomic E-state index is 13.7. The van der Waals surface area contributed by atoms with Crippen LogP contribution >= 0.6 is 11.8 Å². The van der Waals surface area contributed by atoms with Crippen molar-refractivity contribution in [1.82, 2.24) is 24.3 Å². The molecule has 1 aromatic carbocycles. The molecule has 4 heterocycles. The molecule has 180 valence electrons. The molecule has 10 heteroatoms. The number of halogens is 1. The number of fused-ring (bicyclic) bond motifs is 1. The number of pyridine rings is 1. The van der Waals surface area contributed by atoms with Crippen molar-refractivity contribution in [2.75, 3.05) is 13.1 Å². The third kappa shape index (κ3) is 4.32. The fourth-order valence-corrected chi connectivity index (χ4v) is 5.67. The van der Waals surface area contributed by atoms with Crippen LogP contribution in [-0.2, 0) is 4.79 Å². The van der Waals surface area contributed by atoms with Gasteiger partial charge in [0.15, 0.2) is 0 Å². The van der Waals surface area contributed by atoms with E-state index in [0.717, 1.165) is 41.1 Å². The molecule has 1 fully saturated rings. The standard InChI is InChI=1S/C26H22FN7OS/c1-16-23(15-33(31-16)22-4-3-7-32(14-22)17(2)35)19-9-25(26-20(11-29)12-30-34(26)13-19)36-24-6-5-21(27)8-18(24)10-28/h5-6,8-9,12-13,15,22H,3-4,7,14H2,1-2H3/t22-/m0/s1. The van der Waals surface area contributed by atoms with Gasteiger partial charge in [0.05, 0.1) is 34.6 Å². The molecular formula is C26H22FN7OS. The number of hydrogen-bond acceptors (Lipinski definition) is 6. The van der Waals surface area contributed by atoms with Crippen LogP contribution in [0.5, 0.6) is 0 Å². The van der Waals surface area contributed by atoms with Gasteiger partial charge in [0.25, 0.3) is 0 Å². The molecule has 0 N–H and O–H groups in total. The molecule has 0 radical (unpaired) electrons. The van der Waals surface area contributed by atoms with Crippen LogP contribution in [0.1, 0.15) is 42.6 Å². The molecule has 1 atom stereocenters. The van der Waals surface area contributed by atoms with E-state index in [1.807, 2.05) is 41.0 Å². The summed E-state index contributed by atoms with van der Waals surface area (Å²) in [5, 5.41) is 28.3. The number of carbonyl (C=O) groups is 1. The molecule has 1 saturated heterocycles. The number of aromatic nitrogens is 4. The number of hydrogen-bond donors (Lipinski definition) is 0. The molecule has 0 bridgehead atoms. The van der Waals surface area contributed by atoms with Crippen LogP contribution in [0.4, 0.5) is 4.39 Å². The Labute approximate surface area is 211 Å². The summed E-state index contributed by atoms with van der Waals surface area (Å²) in [6.45, 7) is 4.92. The van der Waals surface area contributed by atoms with Crippen molar-refractivity contribution >= 4 is 23.2 Å². The number of nitrogens with zero attached hydrogens (tertiary/aromatic N) is 7. The van der Waals surface area contributed by atoms with Crippen molar-refractivity contribution in [1.29, 1.82) is 10.5 Å². The summed E-state index contributed by atoms with van der Waals surface area (Å²) in [6.07, 6.45) is 7.22. The van der Waals surface area contributed by atoms with E-state index in [1.165, 1.54) is 30.1 Å². The predicted molar refractivity (Wildman–Crippen MR) is 132 cm³/mol. The predicted octanol–water partition coefficient (Wildman–Crippen LogP) is 4.72. The molecule has 0 aliphatic carbocycles. The summed E-state index contributed by atoms with van der Waals surface area (Å²) >= 11 is 1.29. The second kappa shape index (κ2) is 9.48. The third-order valence-corrected chi connectivity index (χ3v) is 7.53. The molecule has 1 amide bonds. The summed E-state index contributed by atoms with van der Waals surface area (Å²) < 4.78 is 17.3. The number of benzene rings is 1. The van der Waals surface area contributed by atoms with E-state index in [1.54, 1.807) is 17.5 Å². The number of amides is 1. The van der Waals surface area contributed by atoms with Crippen LogP contribution in [0, 0.1) is 35.4 Å². The Balaban J connectivity index is 1.58. The Bertz CT molecular complexity index is 1580. The minimum Gasteiger partial charge on any atom is -0.341 e. The summed E-state index contributed by atoms with van der Waals surface area (Å²) in [6, 6.07) is 10.3. The molecule has 1 aliphatic rings. The fraction of sp³-hybridized carbons (Fsp3) is 0.269. The van der Waals surface area contributed by atoms with Crippen molar-refractivity contribution in [2.24, 2.45) is 0 Å². The first-order valence-electron chi connectivity index (χ1n) is 11.5. The molecule has 0 unspecified atom stereocenters. The summed E-state index contributed by atoms with van der Waals surface area (Å²) in [5.41, 5.74) is 3.83. The molecule has 4 aromatic rings. The topological polar surface area (TPSA) is 103 Å². The highest BCUT2D eigenvalue weighted by Crippen LogP contribution is 2.38. The molecule has 0 saturated carbocycles. The number of carbonyl (C=O) groups excluding carboxylic acids is 1. The Morgan fingerprint density at radius 3 is 2.72 bits per heavy atom. The van der Waals surface area contributed by atoms with Crippen molar-refractivity contribution in [3.63, 3.8) is 0 Å². The minimum atomic E-state index is -0.481. The van der Waals surface area contributed by atoms with Crippen molar-refractivity contribution in [3.8, 4) is 23.3 Å². The highest BCUT2D eigenvalue weighted by molar-refractivity contribution is 7.99. The van der Waals surface area contributed by atoms with Gasteiger partial charge in [0, 0.05) is 53.3 Å². The van der Waals surface area contributed by atoms with Crippen LogP contribution in [0.15, 0.2) is 52.6 Å². The smallest absolute Gasteiger partial charge is 0.219 e. The lowest BCUT2D eigenvalue weighted by Crippen LogP contribution is -2.39. The normalized spacial score (nSPS) is 15.6. The van der Waals surface area contributed by atoms with Crippen molar-refractivity contribution < 1.29 is 9.18 Å². The van der Waals surface area contributed by atoms with E-state index in [9.17, 15) is 19.7 Å². The number of rotatable bonds is 4. The zero-order valence-corrected chi connectivity index (χ0v) is 20.6. The largest absolute Gasteiger partial charge is 0.341 e. The van der Waals surface area contributed by atoms with E-state index >= 15 is 0 Å². The maximum absolute atomic E-state index is 13.7. The van der Waals surface area contributed by atoms with Crippen LogP contribution < -0.4 is 0 Å². The lowest BCUT2D eigenvalue weighted by atomic mass is 10.1. The maximum Gasteiger partial charge on any atom is 0.219 e.